The van der Waals surface area contributed by atoms with Crippen molar-refractivity contribution in [1.29, 1.82) is 0 Å². The molecule has 12 heteroatoms. The van der Waals surface area contributed by atoms with Crippen LogP contribution in [0.1, 0.15) is 18.5 Å². The topological polar surface area (TPSA) is 106 Å². The molecule has 3 fully saturated rings. The van der Waals surface area contributed by atoms with Gasteiger partial charge >= 0.3 is 6.18 Å². The summed E-state index contributed by atoms with van der Waals surface area (Å²) in [6.45, 7) is 0.472. The van der Waals surface area contributed by atoms with Gasteiger partial charge in [0, 0.05) is 24.1 Å². The number of nitrogens with one attached hydrogen (secondary N) is 1. The lowest BCUT2D eigenvalue weighted by Gasteiger charge is -2.31. The van der Waals surface area contributed by atoms with E-state index in [9.17, 15) is 18.0 Å². The molecule has 1 aromatic heterocycles. The summed E-state index contributed by atoms with van der Waals surface area (Å²) in [5.74, 6) is 0.544. The SMILES string of the molecule is NCC1CCN(c2nc(/C=C3\SC(=O)NC4OC34)cc(OCC(F)(F)F)n2)CC1. The Morgan fingerprint density at radius 3 is 2.83 bits per heavy atom. The van der Waals surface area contributed by atoms with Crippen molar-refractivity contribution in [3.63, 3.8) is 0 Å². The minimum atomic E-state index is -4.48. The van der Waals surface area contributed by atoms with E-state index in [4.69, 9.17) is 15.2 Å². The maximum Gasteiger partial charge on any atom is 0.422 e. The average molecular weight is 431 g/mol. The second-order valence-corrected chi connectivity index (χ2v) is 8.11. The van der Waals surface area contributed by atoms with Crippen molar-refractivity contribution in [2.75, 3.05) is 31.1 Å². The fourth-order valence-corrected chi connectivity index (χ4v) is 4.11. The molecule has 3 N–H and O–H groups in total. The molecule has 3 aliphatic rings. The number of aromatic nitrogens is 2. The minimum Gasteiger partial charge on any atom is -0.468 e. The molecule has 0 bridgehead atoms. The van der Waals surface area contributed by atoms with Gasteiger partial charge in [-0.3, -0.25) is 4.79 Å². The first-order chi connectivity index (χ1) is 13.8. The molecule has 29 heavy (non-hydrogen) atoms. The number of carbonyl (C=O) groups is 1. The van der Waals surface area contributed by atoms with Gasteiger partial charge in [0.15, 0.2) is 12.8 Å². The smallest absolute Gasteiger partial charge is 0.422 e. The Kier molecular flexibility index (Phi) is 5.58. The van der Waals surface area contributed by atoms with Crippen LogP contribution in [0.25, 0.3) is 6.08 Å². The predicted octanol–water partition coefficient (Wildman–Crippen LogP) is 2.11. The Labute approximate surface area is 169 Å². The number of piperidine rings is 1. The van der Waals surface area contributed by atoms with Gasteiger partial charge in [0.2, 0.25) is 11.8 Å². The van der Waals surface area contributed by atoms with Crippen LogP contribution in [-0.4, -0.2) is 60.0 Å². The van der Waals surface area contributed by atoms with Crippen LogP contribution in [0.2, 0.25) is 0 Å². The first-order valence-corrected chi connectivity index (χ1v) is 10.0. The lowest BCUT2D eigenvalue weighted by atomic mass is 9.97. The van der Waals surface area contributed by atoms with Gasteiger partial charge in [-0.15, -0.1) is 0 Å². The molecular formula is C17H20F3N5O3S. The standard InChI is InChI=1S/C17H20F3N5O3S/c18-17(19,20)8-27-12-6-10(5-11-13-14(28-13)24-16(26)29-11)22-15(23-12)25-3-1-9(7-21)2-4-25/h5-6,9,13-14H,1-4,7-8,21H2,(H,24,26)/b11-5-. The highest BCUT2D eigenvalue weighted by Gasteiger charge is 2.48. The van der Waals surface area contributed by atoms with E-state index < -0.39 is 12.8 Å². The Bertz CT molecular complexity index is 814. The second kappa shape index (κ2) is 8.00. The summed E-state index contributed by atoms with van der Waals surface area (Å²) in [7, 11) is 0. The number of fused-ring (bicyclic) bond motifs is 1. The van der Waals surface area contributed by atoms with Crippen LogP contribution in [0.5, 0.6) is 5.88 Å². The molecule has 0 spiro atoms. The number of hydrogen-bond donors (Lipinski definition) is 2. The summed E-state index contributed by atoms with van der Waals surface area (Å²) in [5, 5.41) is 2.40. The zero-order valence-electron chi connectivity index (χ0n) is 15.3. The lowest BCUT2D eigenvalue weighted by molar-refractivity contribution is -0.154. The molecule has 1 amide bonds. The number of hydrogen-bond acceptors (Lipinski definition) is 8. The predicted molar refractivity (Wildman–Crippen MR) is 100 cm³/mol. The quantitative estimate of drug-likeness (QED) is 0.683. The highest BCUT2D eigenvalue weighted by atomic mass is 32.2. The number of rotatable bonds is 5. The molecule has 4 rings (SSSR count). The van der Waals surface area contributed by atoms with Crippen molar-refractivity contribution in [3.8, 4) is 5.88 Å². The third-order valence-corrected chi connectivity index (χ3v) is 5.75. The zero-order valence-corrected chi connectivity index (χ0v) is 16.1. The van der Waals surface area contributed by atoms with E-state index in [1.807, 2.05) is 4.90 Å². The van der Waals surface area contributed by atoms with E-state index in [0.717, 1.165) is 24.6 Å². The number of halogens is 3. The van der Waals surface area contributed by atoms with Gasteiger partial charge in [0.25, 0.3) is 5.24 Å². The Morgan fingerprint density at radius 2 is 2.14 bits per heavy atom. The number of anilines is 1. The number of thioether (sulfide) groups is 1. The normalized spacial score (nSPS) is 26.3. The first-order valence-electron chi connectivity index (χ1n) is 9.20. The fraction of sp³-hybridized carbons (Fsp3) is 0.588. The average Bonchev–Trinajstić information content (AvgIpc) is 3.45. The van der Waals surface area contributed by atoms with Gasteiger partial charge in [-0.05, 0) is 43.1 Å². The van der Waals surface area contributed by atoms with Gasteiger partial charge in [-0.1, -0.05) is 0 Å². The monoisotopic (exact) mass is 431 g/mol. The Hall–Kier alpha value is -2.05. The van der Waals surface area contributed by atoms with Crippen LogP contribution in [0.15, 0.2) is 11.0 Å². The van der Waals surface area contributed by atoms with Crippen molar-refractivity contribution in [2.24, 2.45) is 11.7 Å². The number of nitrogens with zero attached hydrogens (tertiary/aromatic N) is 3. The first kappa shape index (κ1) is 20.2. The number of ether oxygens (including phenoxy) is 2. The lowest BCUT2D eigenvalue weighted by Crippen LogP contribution is -2.37. The van der Waals surface area contributed by atoms with E-state index in [2.05, 4.69) is 15.3 Å². The van der Waals surface area contributed by atoms with Gasteiger partial charge in [0.1, 0.15) is 6.10 Å². The number of amides is 1. The number of nitrogens with two attached hydrogens (primary N) is 1. The molecule has 2 unspecified atom stereocenters. The molecule has 0 aromatic carbocycles. The summed E-state index contributed by atoms with van der Waals surface area (Å²) in [6, 6.07) is 1.33. The van der Waals surface area contributed by atoms with Crippen molar-refractivity contribution < 1.29 is 27.4 Å². The van der Waals surface area contributed by atoms with Crippen molar-refractivity contribution in [1.82, 2.24) is 15.3 Å². The van der Waals surface area contributed by atoms with E-state index in [1.54, 1.807) is 6.08 Å². The summed E-state index contributed by atoms with van der Waals surface area (Å²) in [4.78, 5) is 22.9. The molecule has 0 aliphatic carbocycles. The molecule has 2 atom stereocenters. The maximum absolute atomic E-state index is 12.6. The van der Waals surface area contributed by atoms with Gasteiger partial charge < -0.3 is 25.4 Å². The second-order valence-electron chi connectivity index (χ2n) is 7.06. The minimum absolute atomic E-state index is 0.168. The molecular weight excluding hydrogens is 411 g/mol. The highest BCUT2D eigenvalue weighted by molar-refractivity contribution is 8.17. The van der Waals surface area contributed by atoms with Crippen LogP contribution in [0.3, 0.4) is 0 Å². The summed E-state index contributed by atoms with van der Waals surface area (Å²) < 4.78 is 48.0. The van der Waals surface area contributed by atoms with E-state index in [0.29, 0.717) is 42.1 Å². The largest absolute Gasteiger partial charge is 0.468 e. The zero-order chi connectivity index (χ0) is 20.6. The van der Waals surface area contributed by atoms with Gasteiger partial charge in [0.05, 0.1) is 5.69 Å². The van der Waals surface area contributed by atoms with Crippen molar-refractivity contribution in [3.05, 3.63) is 16.7 Å². The molecule has 0 radical (unpaired) electrons. The van der Waals surface area contributed by atoms with E-state index >= 15 is 0 Å². The van der Waals surface area contributed by atoms with Crippen LogP contribution >= 0.6 is 11.8 Å². The van der Waals surface area contributed by atoms with E-state index in [1.165, 1.54) is 6.07 Å². The molecule has 4 heterocycles. The molecule has 1 aromatic rings. The summed E-state index contributed by atoms with van der Waals surface area (Å²) in [6.07, 6.45) is -1.74. The van der Waals surface area contributed by atoms with Crippen LogP contribution in [0.4, 0.5) is 23.9 Å². The number of alkyl halides is 3. The van der Waals surface area contributed by atoms with E-state index in [-0.39, 0.29) is 23.5 Å². The Balaban J connectivity index is 1.59. The number of epoxide rings is 1. The summed E-state index contributed by atoms with van der Waals surface area (Å²) in [5.41, 5.74) is 6.08. The molecule has 0 saturated carbocycles. The Morgan fingerprint density at radius 1 is 1.38 bits per heavy atom. The van der Waals surface area contributed by atoms with Crippen LogP contribution in [-0.2, 0) is 4.74 Å². The molecule has 3 saturated heterocycles. The van der Waals surface area contributed by atoms with Crippen LogP contribution < -0.4 is 20.7 Å². The maximum atomic E-state index is 12.6. The van der Waals surface area contributed by atoms with Gasteiger partial charge in [-0.25, -0.2) is 4.98 Å². The van der Waals surface area contributed by atoms with Gasteiger partial charge in [-0.2, -0.15) is 18.2 Å². The molecule has 158 valence electrons. The number of carbonyl (C=O) groups excluding carboxylic acids is 1. The van der Waals surface area contributed by atoms with Crippen LogP contribution in [0, 0.1) is 5.92 Å². The highest BCUT2D eigenvalue weighted by Crippen LogP contribution is 2.40. The van der Waals surface area contributed by atoms with Crippen molar-refractivity contribution in [2.45, 2.75) is 31.3 Å². The molecule has 8 nitrogen and oxygen atoms in total. The fourth-order valence-electron chi connectivity index (χ4n) is 3.25. The third kappa shape index (κ3) is 5.11. The molecule has 3 aliphatic heterocycles. The summed E-state index contributed by atoms with van der Waals surface area (Å²) >= 11 is 0.977. The third-order valence-electron chi connectivity index (χ3n) is 4.86. The van der Waals surface area contributed by atoms with Crippen molar-refractivity contribution >= 4 is 29.0 Å².